The van der Waals surface area contributed by atoms with Gasteiger partial charge in [-0.15, -0.1) is 0 Å². The molecule has 2 aliphatic rings. The largest absolute Gasteiger partial charge is 0.353 e. The zero-order chi connectivity index (χ0) is 32.2. The van der Waals surface area contributed by atoms with Crippen LogP contribution in [0.5, 0.6) is 0 Å². The van der Waals surface area contributed by atoms with E-state index in [1.165, 1.54) is 50.8 Å². The molecule has 5 aromatic rings. The maximum atomic E-state index is 14.9. The Morgan fingerprint density at radius 1 is 0.936 bits per heavy atom. The molecule has 2 fully saturated rings. The number of allylic oxidation sites excluding steroid dienone is 3. The van der Waals surface area contributed by atoms with Gasteiger partial charge in [0.15, 0.2) is 0 Å². The quantitative estimate of drug-likeness (QED) is 0.144. The summed E-state index contributed by atoms with van der Waals surface area (Å²) in [5.41, 5.74) is 9.83. The number of aromatic amines is 2. The number of nitrogens with zero attached hydrogens (tertiary/aromatic N) is 5. The van der Waals surface area contributed by atoms with E-state index in [0.29, 0.717) is 0 Å². The average Bonchev–Trinajstić information content (AvgIpc) is 3.86. The minimum Gasteiger partial charge on any atom is -0.353 e. The summed E-state index contributed by atoms with van der Waals surface area (Å²) >= 11 is 0. The summed E-state index contributed by atoms with van der Waals surface area (Å²) in [5, 5.41) is 8.77. The topological polar surface area (TPSA) is 76.7 Å². The Morgan fingerprint density at radius 2 is 1.74 bits per heavy atom. The molecule has 47 heavy (non-hydrogen) atoms. The van der Waals surface area contributed by atoms with Crippen LogP contribution in [-0.2, 0) is 6.42 Å². The first-order chi connectivity index (χ1) is 23.1. The van der Waals surface area contributed by atoms with Crippen LogP contribution >= 0.6 is 0 Å². The van der Waals surface area contributed by atoms with E-state index in [1.54, 1.807) is 18.3 Å². The number of nitrogens with one attached hydrogen (secondary N) is 2. The van der Waals surface area contributed by atoms with E-state index in [1.807, 2.05) is 31.2 Å². The van der Waals surface area contributed by atoms with Crippen molar-refractivity contribution in [2.24, 2.45) is 0 Å². The van der Waals surface area contributed by atoms with Crippen LogP contribution in [0.15, 0.2) is 79.0 Å². The van der Waals surface area contributed by atoms with Gasteiger partial charge in [-0.05, 0) is 143 Å². The molecule has 242 valence electrons. The van der Waals surface area contributed by atoms with Crippen LogP contribution in [0.3, 0.4) is 0 Å². The summed E-state index contributed by atoms with van der Waals surface area (Å²) in [5.74, 6) is -0.229. The number of hydrogen-bond donors (Lipinski definition) is 2. The van der Waals surface area contributed by atoms with Crippen molar-refractivity contribution in [2.45, 2.75) is 51.9 Å². The highest BCUT2D eigenvalue weighted by Crippen LogP contribution is 2.34. The van der Waals surface area contributed by atoms with Crippen LogP contribution in [-0.4, -0.2) is 74.2 Å². The van der Waals surface area contributed by atoms with E-state index < -0.39 is 0 Å². The Kier molecular flexibility index (Phi) is 9.40. The second-order valence-electron chi connectivity index (χ2n) is 13.0. The van der Waals surface area contributed by atoms with Gasteiger partial charge in [0, 0.05) is 29.2 Å². The summed E-state index contributed by atoms with van der Waals surface area (Å²) in [6.07, 6.45) is 16.3. The van der Waals surface area contributed by atoms with Gasteiger partial charge in [-0.2, -0.15) is 5.10 Å². The smallest absolute Gasteiger partial charge is 0.135 e. The number of fused-ring (bicyclic) bond motifs is 2. The summed E-state index contributed by atoms with van der Waals surface area (Å²) in [6.45, 7) is 12.8. The molecule has 0 amide bonds. The van der Waals surface area contributed by atoms with Crippen molar-refractivity contribution in [2.75, 3.05) is 39.3 Å². The first-order valence-corrected chi connectivity index (χ1v) is 17.2. The Balaban J connectivity index is 1.17. The predicted molar refractivity (Wildman–Crippen MR) is 191 cm³/mol. The Labute approximate surface area is 276 Å². The molecule has 1 aromatic carbocycles. The second-order valence-corrected chi connectivity index (χ2v) is 13.0. The monoisotopic (exact) mass is 629 g/mol. The molecular formula is C39H44FN7. The van der Waals surface area contributed by atoms with E-state index in [-0.39, 0.29) is 5.82 Å². The summed E-state index contributed by atoms with van der Waals surface area (Å²) in [4.78, 5) is 18.4. The Morgan fingerprint density at radius 3 is 2.55 bits per heavy atom. The predicted octanol–water partition coefficient (Wildman–Crippen LogP) is 8.34. The fraction of sp³-hybridized carbons (Fsp3) is 0.359. The normalized spacial score (nSPS) is 16.9. The lowest BCUT2D eigenvalue weighted by atomic mass is 10.0. The molecule has 2 N–H and O–H groups in total. The Bertz CT molecular complexity index is 1940. The zero-order valence-electron chi connectivity index (χ0n) is 27.4. The van der Waals surface area contributed by atoms with Gasteiger partial charge in [-0.3, -0.25) is 15.0 Å². The molecule has 7 nitrogen and oxygen atoms in total. The van der Waals surface area contributed by atoms with Crippen molar-refractivity contribution in [1.82, 2.24) is 34.9 Å². The minimum absolute atomic E-state index is 0.229. The van der Waals surface area contributed by atoms with E-state index >= 15 is 0 Å². The van der Waals surface area contributed by atoms with E-state index in [4.69, 9.17) is 9.97 Å². The molecule has 8 heteroatoms. The van der Waals surface area contributed by atoms with Crippen LogP contribution in [0.1, 0.15) is 56.7 Å². The van der Waals surface area contributed by atoms with Gasteiger partial charge < -0.3 is 9.88 Å². The number of benzene rings is 1. The lowest BCUT2D eigenvalue weighted by Gasteiger charge is -2.26. The maximum absolute atomic E-state index is 14.9. The second kappa shape index (κ2) is 14.2. The number of pyridine rings is 2. The van der Waals surface area contributed by atoms with Crippen molar-refractivity contribution in [1.29, 1.82) is 0 Å². The molecule has 2 saturated heterocycles. The van der Waals surface area contributed by atoms with E-state index in [9.17, 15) is 4.39 Å². The van der Waals surface area contributed by atoms with Crippen molar-refractivity contribution in [3.8, 4) is 22.6 Å². The highest BCUT2D eigenvalue weighted by molar-refractivity contribution is 5.99. The molecule has 0 unspecified atom stereocenters. The van der Waals surface area contributed by atoms with E-state index in [2.05, 4.69) is 55.8 Å². The molecule has 0 bridgehead atoms. The third-order valence-electron chi connectivity index (χ3n) is 9.65. The zero-order valence-corrected chi connectivity index (χ0v) is 27.4. The molecular weight excluding hydrogens is 585 g/mol. The number of rotatable bonds is 11. The number of aryl methyl sites for hydroxylation is 1. The van der Waals surface area contributed by atoms with Crippen molar-refractivity contribution in [3.63, 3.8) is 0 Å². The molecule has 6 heterocycles. The number of piperidine rings is 1. The van der Waals surface area contributed by atoms with Gasteiger partial charge >= 0.3 is 0 Å². The van der Waals surface area contributed by atoms with Crippen LogP contribution in [0, 0.1) is 5.82 Å². The highest BCUT2D eigenvalue weighted by Gasteiger charge is 2.18. The fourth-order valence-corrected chi connectivity index (χ4v) is 7.15. The average molecular weight is 630 g/mol. The first kappa shape index (κ1) is 31.2. The Hall–Kier alpha value is -4.40. The van der Waals surface area contributed by atoms with Gasteiger partial charge in [0.05, 0.1) is 22.6 Å². The van der Waals surface area contributed by atoms with Gasteiger partial charge in [0.2, 0.25) is 0 Å². The molecule has 0 atom stereocenters. The van der Waals surface area contributed by atoms with Crippen LogP contribution in [0.4, 0.5) is 4.39 Å². The third kappa shape index (κ3) is 6.99. The summed E-state index contributed by atoms with van der Waals surface area (Å²) in [6, 6.07) is 13.4. The molecule has 0 radical (unpaired) electrons. The van der Waals surface area contributed by atoms with Gasteiger partial charge in [-0.1, -0.05) is 25.2 Å². The lowest BCUT2D eigenvalue weighted by Crippen LogP contribution is -2.31. The lowest BCUT2D eigenvalue weighted by molar-refractivity contribution is 0.248. The van der Waals surface area contributed by atoms with Crippen molar-refractivity contribution in [3.05, 3.63) is 96.1 Å². The molecule has 7 rings (SSSR count). The SMILES string of the molecule is C=C/C(=C\C(=C/C)c1ccc2[nH]nc(-c3cc4c(-c5cc(F)cc(CCCN6CCCC6)c5)nccc4[nH]3)c2n1)CN1CCCCC1. The van der Waals surface area contributed by atoms with Gasteiger partial charge in [-0.25, -0.2) is 9.37 Å². The maximum Gasteiger partial charge on any atom is 0.135 e. The van der Waals surface area contributed by atoms with Gasteiger partial charge in [0.1, 0.15) is 17.0 Å². The fourth-order valence-electron chi connectivity index (χ4n) is 7.15. The molecule has 0 saturated carbocycles. The standard InChI is InChI=1S/C39H44FN7/c1-3-27(26-47-18-6-5-7-19-47)21-29(4-2)33-12-13-35-38(43-33)39(45-44-35)36-25-32-34(42-36)14-15-41-37(32)30-22-28(23-31(40)24-30)11-10-20-46-16-8-9-17-46/h3-4,12-15,21-25,42H,1,5-11,16-20,26H2,2H3,(H,44,45)/b27-21+,29-4+. The highest BCUT2D eigenvalue weighted by atomic mass is 19.1. The molecule has 0 spiro atoms. The summed E-state index contributed by atoms with van der Waals surface area (Å²) in [7, 11) is 0. The first-order valence-electron chi connectivity index (χ1n) is 17.2. The van der Waals surface area contributed by atoms with E-state index in [0.717, 1.165) is 100 Å². The number of likely N-dealkylation sites (tertiary alicyclic amines) is 2. The van der Waals surface area contributed by atoms with Crippen LogP contribution in [0.25, 0.3) is 50.2 Å². The van der Waals surface area contributed by atoms with Crippen LogP contribution < -0.4 is 0 Å². The number of aromatic nitrogens is 5. The van der Waals surface area contributed by atoms with Crippen LogP contribution in [0.2, 0.25) is 0 Å². The number of hydrogen-bond acceptors (Lipinski definition) is 5. The summed E-state index contributed by atoms with van der Waals surface area (Å²) < 4.78 is 14.9. The van der Waals surface area contributed by atoms with Crippen molar-refractivity contribution < 1.29 is 4.39 Å². The molecule has 0 aliphatic carbocycles. The minimum atomic E-state index is -0.229. The van der Waals surface area contributed by atoms with Gasteiger partial charge in [0.25, 0.3) is 0 Å². The number of halogens is 1. The van der Waals surface area contributed by atoms with Crippen molar-refractivity contribution >= 4 is 27.5 Å². The number of H-pyrrole nitrogens is 2. The third-order valence-corrected chi connectivity index (χ3v) is 9.65. The molecule has 4 aromatic heterocycles. The molecule has 2 aliphatic heterocycles.